The Morgan fingerprint density at radius 1 is 0.538 bits per heavy atom. The summed E-state index contributed by atoms with van der Waals surface area (Å²) in [5.74, 6) is 0. The summed E-state index contributed by atoms with van der Waals surface area (Å²) in [6, 6.07) is 0. The fourth-order valence-electron chi connectivity index (χ4n) is 0. The standard InChI is InChI=1S/4CH2O2.Pu/c4*2-1-3;/h4*1H,(H,2,3);/q;;;;+4/p-4. The topological polar surface area (TPSA) is 161 Å². The average Bonchev–Trinajstić information content (AvgIpc) is 1.92. The van der Waals surface area contributed by atoms with E-state index in [0.29, 0.717) is 0 Å². The second-order valence-corrected chi connectivity index (χ2v) is 0.385. The molecule has 0 spiro atoms. The Kier molecular flexibility index (Phi) is 294. The molecule has 0 unspecified atom stereocenters. The molecule has 0 aliphatic carbocycles. The Hall–Kier alpha value is -1.13. The van der Waals surface area contributed by atoms with E-state index in [0.717, 1.165) is 0 Å². The number of hydrogen-bond acceptors (Lipinski definition) is 8. The molecule has 0 aromatic heterocycles. The maximum Gasteiger partial charge on any atom is 4.00 e. The summed E-state index contributed by atoms with van der Waals surface area (Å²) in [6.07, 6.45) is 0. The molecule has 0 heterocycles. The van der Waals surface area contributed by atoms with Gasteiger partial charge in [-0.3, -0.25) is 0 Å². The van der Waals surface area contributed by atoms with E-state index in [1.165, 1.54) is 0 Å². The van der Waals surface area contributed by atoms with Crippen LogP contribution < -0.4 is 20.4 Å². The van der Waals surface area contributed by atoms with Gasteiger partial charge >= 0.3 is 29.2 Å². The molecule has 0 saturated carbocycles. The van der Waals surface area contributed by atoms with Crippen LogP contribution in [-0.4, -0.2) is 25.9 Å². The number of carboxylic acid groups (broad SMARTS) is 4. The molecule has 0 aromatic rings. The molecule has 9 heteroatoms. The Morgan fingerprint density at radius 3 is 0.538 bits per heavy atom. The van der Waals surface area contributed by atoms with Gasteiger partial charge in [-0.2, -0.15) is 0 Å². The SMILES string of the molecule is O=C[O-].O=C[O-].O=C[O-].O=C[O-].[Pu+4]. The molecule has 74 valence electrons. The number of carbonyl (C=O) groups excluding carboxylic acids is 4. The fraction of sp³-hybridized carbons (Fsp3) is 0. The van der Waals surface area contributed by atoms with E-state index in [-0.39, 0.29) is 29.2 Å². The van der Waals surface area contributed by atoms with Crippen molar-refractivity contribution in [2.45, 2.75) is 0 Å². The van der Waals surface area contributed by atoms with Crippen molar-refractivity contribution >= 4 is 25.9 Å². The van der Waals surface area contributed by atoms with Crippen molar-refractivity contribution in [3.8, 4) is 0 Å². The molecular weight excluding hydrogens is 420 g/mol. The van der Waals surface area contributed by atoms with Crippen LogP contribution in [0.2, 0.25) is 0 Å². The Morgan fingerprint density at radius 2 is 0.538 bits per heavy atom. The van der Waals surface area contributed by atoms with Crippen LogP contribution in [-0.2, 0) is 19.2 Å². The fourth-order valence-corrected chi connectivity index (χ4v) is 0. The molecule has 8 nitrogen and oxygen atoms in total. The minimum absolute atomic E-state index is 0. The van der Waals surface area contributed by atoms with Gasteiger partial charge in [0.25, 0.3) is 0 Å². The summed E-state index contributed by atoms with van der Waals surface area (Å²) in [7, 11) is 0. The number of carbonyl (C=O) groups is 4. The summed E-state index contributed by atoms with van der Waals surface area (Å²) >= 11 is 0. The molecule has 0 amide bonds. The van der Waals surface area contributed by atoms with Crippen LogP contribution in [0.15, 0.2) is 0 Å². The molecule has 0 aliphatic heterocycles. The molecule has 0 fully saturated rings. The summed E-state index contributed by atoms with van der Waals surface area (Å²) in [4.78, 5) is 33.0. The van der Waals surface area contributed by atoms with Gasteiger partial charge in [0, 0.05) is 25.9 Å². The molecule has 0 saturated heterocycles. The Balaban J connectivity index is -0.0000000213. The first kappa shape index (κ1) is 29.7. The summed E-state index contributed by atoms with van der Waals surface area (Å²) in [5, 5.41) is 33.0. The van der Waals surface area contributed by atoms with Gasteiger partial charge in [-0.1, -0.05) is 0 Å². The largest absolute Gasteiger partial charge is 4.00 e. The van der Waals surface area contributed by atoms with Crippen molar-refractivity contribution in [3.63, 3.8) is 0 Å². The Bertz CT molecular complexity index is 70.1. The first-order valence-corrected chi connectivity index (χ1v) is 1.89. The second kappa shape index (κ2) is 129. The smallest absolute Gasteiger partial charge is 0.554 e. The van der Waals surface area contributed by atoms with Crippen LogP contribution >= 0.6 is 0 Å². The van der Waals surface area contributed by atoms with Crippen molar-refractivity contribution in [2.24, 2.45) is 0 Å². The quantitative estimate of drug-likeness (QED) is 0.347. The molecule has 0 atom stereocenters. The molecular formula is C4H4O8Pu. The second-order valence-electron chi connectivity index (χ2n) is 0.385. The van der Waals surface area contributed by atoms with Crippen LogP contribution in [0.1, 0.15) is 0 Å². The van der Waals surface area contributed by atoms with E-state index in [4.69, 9.17) is 39.6 Å². The minimum Gasteiger partial charge on any atom is -0.554 e. The third-order valence-corrected chi connectivity index (χ3v) is 0. The van der Waals surface area contributed by atoms with Crippen LogP contribution in [0.4, 0.5) is 0 Å². The normalized spacial score (nSPS) is 3.69. The van der Waals surface area contributed by atoms with Gasteiger partial charge < -0.3 is 39.6 Å². The van der Waals surface area contributed by atoms with Crippen LogP contribution in [0, 0.1) is 29.2 Å². The van der Waals surface area contributed by atoms with E-state index < -0.39 is 25.9 Å². The number of hydrogen-bond donors (Lipinski definition) is 0. The van der Waals surface area contributed by atoms with Gasteiger partial charge in [-0.25, -0.2) is 0 Å². The van der Waals surface area contributed by atoms with Crippen LogP contribution in [0.25, 0.3) is 0 Å². The molecule has 0 aromatic carbocycles. The molecule has 0 aliphatic rings. The molecule has 0 rings (SSSR count). The first-order valence-electron chi connectivity index (χ1n) is 1.89. The van der Waals surface area contributed by atoms with Gasteiger partial charge in [-0.05, 0) is 0 Å². The van der Waals surface area contributed by atoms with E-state index in [9.17, 15) is 0 Å². The molecule has 13 heavy (non-hydrogen) atoms. The van der Waals surface area contributed by atoms with Gasteiger partial charge in [0.05, 0.1) is 0 Å². The predicted molar refractivity (Wildman–Crippen MR) is 24.3 cm³/mol. The van der Waals surface area contributed by atoms with Gasteiger partial charge in [0.1, 0.15) is 0 Å². The van der Waals surface area contributed by atoms with Crippen molar-refractivity contribution in [1.29, 1.82) is 0 Å². The Labute approximate surface area is 94.7 Å². The van der Waals surface area contributed by atoms with Crippen molar-refractivity contribution in [2.75, 3.05) is 0 Å². The van der Waals surface area contributed by atoms with Gasteiger partial charge in [0.2, 0.25) is 0 Å². The summed E-state index contributed by atoms with van der Waals surface area (Å²) in [5.41, 5.74) is 0. The third kappa shape index (κ3) is 666. The van der Waals surface area contributed by atoms with Crippen LogP contribution in [0.3, 0.4) is 0 Å². The van der Waals surface area contributed by atoms with Crippen molar-refractivity contribution in [1.82, 2.24) is 0 Å². The average molecular weight is 424 g/mol. The zero-order valence-corrected chi connectivity index (χ0v) is 9.38. The van der Waals surface area contributed by atoms with E-state index in [1.807, 2.05) is 0 Å². The van der Waals surface area contributed by atoms with E-state index in [2.05, 4.69) is 0 Å². The van der Waals surface area contributed by atoms with Crippen LogP contribution in [0.5, 0.6) is 0 Å². The maximum absolute atomic E-state index is 8.25. The van der Waals surface area contributed by atoms with Crippen molar-refractivity contribution < 1.29 is 68.8 Å². The maximum atomic E-state index is 8.25. The van der Waals surface area contributed by atoms with Gasteiger partial charge in [-0.15, -0.1) is 0 Å². The molecule has 0 bridgehead atoms. The zero-order chi connectivity index (χ0) is 10.8. The molecule has 0 radical (unpaired) electrons. The van der Waals surface area contributed by atoms with Gasteiger partial charge in [0.15, 0.2) is 0 Å². The van der Waals surface area contributed by atoms with Crippen molar-refractivity contribution in [3.05, 3.63) is 0 Å². The zero-order valence-electron chi connectivity index (χ0n) is 5.98. The minimum atomic E-state index is -0.500. The van der Waals surface area contributed by atoms with E-state index >= 15 is 0 Å². The first-order chi connectivity index (χ1) is 5.66. The third-order valence-electron chi connectivity index (χ3n) is 0. The predicted octanol–water partition coefficient (Wildman–Crippen LogP) is -6.54. The monoisotopic (exact) mass is 418 g/mol. The molecule has 0 N–H and O–H groups in total. The van der Waals surface area contributed by atoms with E-state index in [1.54, 1.807) is 0 Å². The number of rotatable bonds is 0. The summed E-state index contributed by atoms with van der Waals surface area (Å²) < 4.78 is 0. The summed E-state index contributed by atoms with van der Waals surface area (Å²) in [6.45, 7) is -2.00.